The summed E-state index contributed by atoms with van der Waals surface area (Å²) in [4.78, 5) is 27.2. The Labute approximate surface area is 181 Å². The van der Waals surface area contributed by atoms with Gasteiger partial charge in [-0.05, 0) is 48.9 Å². The zero-order valence-electron chi connectivity index (χ0n) is 16.9. The summed E-state index contributed by atoms with van der Waals surface area (Å²) in [6.45, 7) is 2.27. The number of carbonyl (C=O) groups excluding carboxylic acids is 2. The Morgan fingerprint density at radius 1 is 0.844 bits per heavy atom. The van der Waals surface area contributed by atoms with Crippen molar-refractivity contribution in [3.8, 4) is 5.75 Å². The first-order valence-electron chi connectivity index (χ1n) is 9.73. The molecule has 3 aromatic rings. The summed E-state index contributed by atoms with van der Waals surface area (Å²) in [6, 6.07) is 14.8. The van der Waals surface area contributed by atoms with E-state index >= 15 is 0 Å². The lowest BCUT2D eigenvalue weighted by Gasteiger charge is -2.16. The lowest BCUT2D eigenvalue weighted by Crippen LogP contribution is -2.33. The maximum absolute atomic E-state index is 14.4. The normalized spacial score (nSPS) is 13.7. The van der Waals surface area contributed by atoms with Crippen molar-refractivity contribution >= 4 is 28.8 Å². The van der Waals surface area contributed by atoms with Gasteiger partial charge in [-0.2, -0.15) is 0 Å². The van der Waals surface area contributed by atoms with E-state index in [-0.39, 0.29) is 22.6 Å². The van der Waals surface area contributed by atoms with Crippen molar-refractivity contribution in [2.45, 2.75) is 6.92 Å². The fraction of sp³-hybridized carbons (Fsp3) is 0.0833. The smallest absolute Gasteiger partial charge is 0.282 e. The summed E-state index contributed by atoms with van der Waals surface area (Å²) in [6.07, 6.45) is 0. The lowest BCUT2D eigenvalue weighted by atomic mass is 10.0. The molecule has 5 nitrogen and oxygen atoms in total. The largest absolute Gasteiger partial charge is 0.494 e. The summed E-state index contributed by atoms with van der Waals surface area (Å²) < 4.78 is 46.8. The zero-order chi connectivity index (χ0) is 22.8. The van der Waals surface area contributed by atoms with Gasteiger partial charge >= 0.3 is 0 Å². The fourth-order valence-corrected chi connectivity index (χ4v) is 3.37. The Bertz CT molecular complexity index is 1240. The number of para-hydroxylation sites is 1. The molecule has 0 fully saturated rings. The fourth-order valence-electron chi connectivity index (χ4n) is 3.37. The van der Waals surface area contributed by atoms with Crippen LogP contribution in [0.3, 0.4) is 0 Å². The number of benzene rings is 3. The average molecular weight is 438 g/mol. The maximum atomic E-state index is 14.4. The summed E-state index contributed by atoms with van der Waals surface area (Å²) in [7, 11) is 0. The van der Waals surface area contributed by atoms with Crippen LogP contribution >= 0.6 is 0 Å². The van der Waals surface area contributed by atoms with E-state index in [2.05, 4.69) is 5.32 Å². The van der Waals surface area contributed by atoms with Crippen LogP contribution in [0, 0.1) is 17.5 Å². The van der Waals surface area contributed by atoms with Gasteiger partial charge in [-0.1, -0.05) is 24.3 Å². The van der Waals surface area contributed by atoms with Gasteiger partial charge in [0, 0.05) is 11.8 Å². The number of halogens is 3. The van der Waals surface area contributed by atoms with Crippen LogP contribution in [0.1, 0.15) is 12.5 Å². The van der Waals surface area contributed by atoms with Crippen LogP contribution in [-0.2, 0) is 9.59 Å². The van der Waals surface area contributed by atoms with Crippen LogP contribution < -0.4 is 15.0 Å². The van der Waals surface area contributed by atoms with Gasteiger partial charge in [-0.15, -0.1) is 0 Å². The highest BCUT2D eigenvalue weighted by atomic mass is 19.2. The minimum atomic E-state index is -1.12. The summed E-state index contributed by atoms with van der Waals surface area (Å²) in [5.41, 5.74) is -0.0120. The quantitative estimate of drug-likeness (QED) is 0.557. The van der Waals surface area contributed by atoms with Gasteiger partial charge in [0.15, 0.2) is 11.6 Å². The van der Waals surface area contributed by atoms with Gasteiger partial charge in [-0.3, -0.25) is 9.59 Å². The van der Waals surface area contributed by atoms with E-state index in [1.165, 1.54) is 24.3 Å². The molecule has 0 aliphatic carbocycles. The van der Waals surface area contributed by atoms with E-state index in [9.17, 15) is 22.8 Å². The highest BCUT2D eigenvalue weighted by Gasteiger charge is 2.41. The van der Waals surface area contributed by atoms with Gasteiger partial charge < -0.3 is 10.1 Å². The first kappa shape index (κ1) is 21.2. The molecule has 0 saturated heterocycles. The third-order valence-corrected chi connectivity index (χ3v) is 4.82. The third kappa shape index (κ3) is 3.82. The highest BCUT2D eigenvalue weighted by Crippen LogP contribution is 2.35. The van der Waals surface area contributed by atoms with Crippen LogP contribution in [0.25, 0.3) is 5.57 Å². The standard InChI is InChI=1S/C24H17F3N2O3/c1-2-32-16-10-7-14(8-11-16)21-22(28-15-9-12-17(25)19(27)13-15)24(31)29(23(21)30)20-6-4-3-5-18(20)26/h3-13,28H,2H2,1H3. The van der Waals surface area contributed by atoms with Gasteiger partial charge in [0.25, 0.3) is 11.8 Å². The molecular weight excluding hydrogens is 421 g/mol. The van der Waals surface area contributed by atoms with Crippen molar-refractivity contribution in [1.29, 1.82) is 0 Å². The van der Waals surface area contributed by atoms with Crippen LogP contribution in [-0.4, -0.2) is 18.4 Å². The third-order valence-electron chi connectivity index (χ3n) is 4.82. The second-order valence-electron chi connectivity index (χ2n) is 6.86. The second kappa shape index (κ2) is 8.58. The molecule has 162 valence electrons. The predicted molar refractivity (Wildman–Crippen MR) is 113 cm³/mol. The Morgan fingerprint density at radius 2 is 1.56 bits per heavy atom. The van der Waals surface area contributed by atoms with Crippen molar-refractivity contribution in [2.24, 2.45) is 0 Å². The number of anilines is 2. The van der Waals surface area contributed by atoms with Crippen LogP contribution in [0.15, 0.2) is 72.4 Å². The number of nitrogens with one attached hydrogen (secondary N) is 1. The van der Waals surface area contributed by atoms with Crippen molar-refractivity contribution in [3.05, 3.63) is 95.4 Å². The van der Waals surface area contributed by atoms with Gasteiger partial charge in [0.1, 0.15) is 17.3 Å². The number of imide groups is 1. The van der Waals surface area contributed by atoms with Gasteiger partial charge in [-0.25, -0.2) is 18.1 Å². The number of rotatable bonds is 6. The summed E-state index contributed by atoms with van der Waals surface area (Å²) in [5, 5.41) is 2.70. The molecule has 0 saturated carbocycles. The topological polar surface area (TPSA) is 58.6 Å². The number of amides is 2. The first-order chi connectivity index (χ1) is 15.4. The van der Waals surface area contributed by atoms with Gasteiger partial charge in [0.2, 0.25) is 0 Å². The number of carbonyl (C=O) groups is 2. The number of nitrogens with zero attached hydrogens (tertiary/aromatic N) is 1. The molecule has 3 aromatic carbocycles. The van der Waals surface area contributed by atoms with E-state index in [1.807, 2.05) is 6.92 Å². The minimum absolute atomic E-state index is 0.0361. The van der Waals surface area contributed by atoms with Gasteiger partial charge in [0.05, 0.1) is 17.9 Å². The predicted octanol–water partition coefficient (Wildman–Crippen LogP) is 4.90. The Morgan fingerprint density at radius 3 is 2.22 bits per heavy atom. The number of hydrogen-bond donors (Lipinski definition) is 1. The molecular formula is C24H17F3N2O3. The number of ether oxygens (including phenoxy) is 1. The summed E-state index contributed by atoms with van der Waals surface area (Å²) >= 11 is 0. The Hall–Kier alpha value is -4.07. The van der Waals surface area contributed by atoms with E-state index in [1.54, 1.807) is 24.3 Å². The van der Waals surface area contributed by atoms with E-state index in [0.717, 1.165) is 18.2 Å². The SMILES string of the molecule is CCOc1ccc(C2=C(Nc3ccc(F)c(F)c3)C(=O)N(c3ccccc3F)C2=O)cc1. The maximum Gasteiger partial charge on any atom is 0.282 e. The van der Waals surface area contributed by atoms with Crippen LogP contribution in [0.4, 0.5) is 24.5 Å². The van der Waals surface area contributed by atoms with Crippen molar-refractivity contribution < 1.29 is 27.5 Å². The lowest BCUT2D eigenvalue weighted by molar-refractivity contribution is -0.120. The van der Waals surface area contributed by atoms with Crippen molar-refractivity contribution in [1.82, 2.24) is 0 Å². The molecule has 4 rings (SSSR count). The van der Waals surface area contributed by atoms with E-state index in [0.29, 0.717) is 22.8 Å². The van der Waals surface area contributed by atoms with E-state index < -0.39 is 29.3 Å². The van der Waals surface area contributed by atoms with Crippen molar-refractivity contribution in [2.75, 3.05) is 16.8 Å². The second-order valence-corrected chi connectivity index (χ2v) is 6.86. The van der Waals surface area contributed by atoms with Crippen LogP contribution in [0.2, 0.25) is 0 Å². The molecule has 1 aliphatic heterocycles. The first-order valence-corrected chi connectivity index (χ1v) is 9.73. The molecule has 0 unspecified atom stereocenters. The Kier molecular flexibility index (Phi) is 5.68. The molecule has 0 aromatic heterocycles. The van der Waals surface area contributed by atoms with Crippen molar-refractivity contribution in [3.63, 3.8) is 0 Å². The minimum Gasteiger partial charge on any atom is -0.494 e. The molecule has 1 aliphatic rings. The molecule has 0 atom stereocenters. The monoisotopic (exact) mass is 438 g/mol. The molecule has 8 heteroatoms. The van der Waals surface area contributed by atoms with Crippen LogP contribution in [0.5, 0.6) is 5.75 Å². The number of hydrogen-bond acceptors (Lipinski definition) is 4. The highest BCUT2D eigenvalue weighted by molar-refractivity contribution is 6.46. The average Bonchev–Trinajstić information content (AvgIpc) is 3.01. The molecule has 2 amide bonds. The Balaban J connectivity index is 1.81. The zero-order valence-corrected chi connectivity index (χ0v) is 16.9. The summed E-state index contributed by atoms with van der Waals surface area (Å²) in [5.74, 6) is -3.95. The molecule has 1 heterocycles. The van der Waals surface area contributed by atoms with E-state index in [4.69, 9.17) is 4.74 Å². The molecule has 0 radical (unpaired) electrons. The molecule has 1 N–H and O–H groups in total. The molecule has 0 bridgehead atoms. The molecule has 0 spiro atoms. The molecule has 32 heavy (non-hydrogen) atoms.